The maximum Gasteiger partial charge on any atom is 0.335 e. The van der Waals surface area contributed by atoms with Gasteiger partial charge in [0.05, 0.1) is 16.6 Å². The maximum absolute atomic E-state index is 13.1. The van der Waals surface area contributed by atoms with Gasteiger partial charge in [-0.25, -0.2) is 14.2 Å². The summed E-state index contributed by atoms with van der Waals surface area (Å²) in [6.45, 7) is 1.80. The van der Waals surface area contributed by atoms with E-state index in [0.717, 1.165) is 11.1 Å². The summed E-state index contributed by atoms with van der Waals surface area (Å²) in [4.78, 5) is 18.4. The van der Waals surface area contributed by atoms with Gasteiger partial charge in [0.2, 0.25) is 0 Å². The predicted molar refractivity (Wildman–Crippen MR) is 73.2 cm³/mol. The average molecular weight is 270 g/mol. The highest BCUT2D eigenvalue weighted by Gasteiger charge is 2.10. The number of aromatic amines is 1. The van der Waals surface area contributed by atoms with E-state index in [1.54, 1.807) is 19.1 Å². The van der Waals surface area contributed by atoms with Gasteiger partial charge in [0.1, 0.15) is 11.6 Å². The van der Waals surface area contributed by atoms with E-state index < -0.39 is 5.97 Å². The van der Waals surface area contributed by atoms with E-state index in [1.807, 2.05) is 0 Å². The van der Waals surface area contributed by atoms with Crippen molar-refractivity contribution < 1.29 is 14.3 Å². The number of nitrogens with one attached hydrogen (secondary N) is 1. The third kappa shape index (κ3) is 2.03. The van der Waals surface area contributed by atoms with Gasteiger partial charge in [-0.05, 0) is 48.9 Å². The second-order valence-electron chi connectivity index (χ2n) is 4.58. The molecule has 1 heterocycles. The first kappa shape index (κ1) is 12.3. The first-order valence-corrected chi connectivity index (χ1v) is 6.04. The number of fused-ring (bicyclic) bond motifs is 1. The number of rotatable bonds is 2. The van der Waals surface area contributed by atoms with Crippen LogP contribution in [0.25, 0.3) is 22.4 Å². The number of aromatic carboxylic acids is 1. The van der Waals surface area contributed by atoms with Crippen molar-refractivity contribution in [3.05, 3.63) is 53.3 Å². The van der Waals surface area contributed by atoms with Crippen molar-refractivity contribution in [3.63, 3.8) is 0 Å². The molecule has 0 aliphatic rings. The number of benzene rings is 2. The molecule has 2 aromatic carbocycles. The fourth-order valence-corrected chi connectivity index (χ4v) is 2.16. The molecule has 0 aliphatic heterocycles. The first-order valence-electron chi connectivity index (χ1n) is 6.04. The lowest BCUT2D eigenvalue weighted by molar-refractivity contribution is 0.0697. The number of halogens is 1. The molecule has 0 bridgehead atoms. The van der Waals surface area contributed by atoms with Gasteiger partial charge < -0.3 is 10.1 Å². The lowest BCUT2D eigenvalue weighted by atomic mass is 10.1. The molecule has 0 unspecified atom stereocenters. The summed E-state index contributed by atoms with van der Waals surface area (Å²) in [5, 5.41) is 8.97. The lowest BCUT2D eigenvalue weighted by Crippen LogP contribution is -1.94. The average Bonchev–Trinajstić information content (AvgIpc) is 2.80. The SMILES string of the molecule is Cc1cc(F)ccc1-c1nc2ccc(C(=O)O)cc2[nH]1. The number of aryl methyl sites for hydroxylation is 1. The Hall–Kier alpha value is -2.69. The molecule has 0 atom stereocenters. The Morgan fingerprint density at radius 1 is 1.25 bits per heavy atom. The number of hydrogen-bond donors (Lipinski definition) is 2. The molecule has 3 aromatic rings. The summed E-state index contributed by atoms with van der Waals surface area (Å²) in [5.74, 6) is -0.684. The van der Waals surface area contributed by atoms with Crippen LogP contribution in [-0.2, 0) is 0 Å². The Labute approximate surface area is 113 Å². The number of carboxylic acid groups (broad SMARTS) is 1. The Kier molecular flexibility index (Phi) is 2.75. The molecule has 0 amide bonds. The fourth-order valence-electron chi connectivity index (χ4n) is 2.16. The van der Waals surface area contributed by atoms with Crippen molar-refractivity contribution in [2.45, 2.75) is 6.92 Å². The molecule has 0 aliphatic carbocycles. The van der Waals surface area contributed by atoms with Crippen LogP contribution in [0.5, 0.6) is 0 Å². The Morgan fingerprint density at radius 3 is 2.75 bits per heavy atom. The van der Waals surface area contributed by atoms with Crippen LogP contribution in [0, 0.1) is 12.7 Å². The second-order valence-corrected chi connectivity index (χ2v) is 4.58. The minimum Gasteiger partial charge on any atom is -0.478 e. The van der Waals surface area contributed by atoms with E-state index in [1.165, 1.54) is 24.3 Å². The zero-order valence-corrected chi connectivity index (χ0v) is 10.6. The van der Waals surface area contributed by atoms with Gasteiger partial charge in [0.15, 0.2) is 0 Å². The van der Waals surface area contributed by atoms with Crippen LogP contribution in [-0.4, -0.2) is 21.0 Å². The Bertz CT molecular complexity index is 824. The molecular weight excluding hydrogens is 259 g/mol. The predicted octanol–water partition coefficient (Wildman–Crippen LogP) is 3.38. The van der Waals surface area contributed by atoms with Crippen molar-refractivity contribution >= 4 is 17.0 Å². The second kappa shape index (κ2) is 4.45. The molecule has 2 N–H and O–H groups in total. The van der Waals surface area contributed by atoms with Crippen LogP contribution < -0.4 is 0 Å². The highest BCUT2D eigenvalue weighted by atomic mass is 19.1. The normalized spacial score (nSPS) is 10.9. The van der Waals surface area contributed by atoms with Crippen LogP contribution in [0.15, 0.2) is 36.4 Å². The minimum atomic E-state index is -0.985. The van der Waals surface area contributed by atoms with E-state index in [4.69, 9.17) is 5.11 Å². The van der Waals surface area contributed by atoms with Gasteiger partial charge in [-0.1, -0.05) is 0 Å². The lowest BCUT2D eigenvalue weighted by Gasteiger charge is -2.01. The third-order valence-corrected chi connectivity index (χ3v) is 3.17. The summed E-state index contributed by atoms with van der Waals surface area (Å²) < 4.78 is 13.1. The summed E-state index contributed by atoms with van der Waals surface area (Å²) in [6.07, 6.45) is 0. The molecule has 0 radical (unpaired) electrons. The highest BCUT2D eigenvalue weighted by Crippen LogP contribution is 2.24. The molecule has 0 fully saturated rings. The van der Waals surface area contributed by atoms with Gasteiger partial charge in [0, 0.05) is 5.56 Å². The molecule has 0 saturated heterocycles. The molecule has 100 valence electrons. The van der Waals surface area contributed by atoms with Gasteiger partial charge in [-0.2, -0.15) is 0 Å². The van der Waals surface area contributed by atoms with Crippen molar-refractivity contribution in [2.24, 2.45) is 0 Å². The van der Waals surface area contributed by atoms with Crippen LogP contribution in [0.1, 0.15) is 15.9 Å². The summed E-state index contributed by atoms with van der Waals surface area (Å²) in [6, 6.07) is 9.15. The third-order valence-electron chi connectivity index (χ3n) is 3.17. The molecule has 4 nitrogen and oxygen atoms in total. The van der Waals surface area contributed by atoms with Crippen LogP contribution >= 0.6 is 0 Å². The smallest absolute Gasteiger partial charge is 0.335 e. The van der Waals surface area contributed by atoms with Gasteiger partial charge in [-0.15, -0.1) is 0 Å². The molecule has 0 spiro atoms. The quantitative estimate of drug-likeness (QED) is 0.750. The highest BCUT2D eigenvalue weighted by molar-refractivity contribution is 5.93. The molecule has 1 aromatic heterocycles. The maximum atomic E-state index is 13.1. The summed E-state index contributed by atoms with van der Waals surface area (Å²) >= 11 is 0. The van der Waals surface area contributed by atoms with Gasteiger partial charge >= 0.3 is 5.97 Å². The van der Waals surface area contributed by atoms with E-state index in [0.29, 0.717) is 16.9 Å². The monoisotopic (exact) mass is 270 g/mol. The van der Waals surface area contributed by atoms with Crippen LogP contribution in [0.3, 0.4) is 0 Å². The number of aromatic nitrogens is 2. The summed E-state index contributed by atoms with van der Waals surface area (Å²) in [5.41, 5.74) is 3.07. The minimum absolute atomic E-state index is 0.198. The van der Waals surface area contributed by atoms with Crippen molar-refractivity contribution in [3.8, 4) is 11.4 Å². The van der Waals surface area contributed by atoms with Crippen LogP contribution in [0.2, 0.25) is 0 Å². The number of carboxylic acids is 1. The zero-order chi connectivity index (χ0) is 14.3. The molecule has 5 heteroatoms. The van der Waals surface area contributed by atoms with E-state index in [2.05, 4.69) is 9.97 Å². The van der Waals surface area contributed by atoms with Gasteiger partial charge in [-0.3, -0.25) is 0 Å². The first-order chi connectivity index (χ1) is 9.54. The fraction of sp³-hybridized carbons (Fsp3) is 0.0667. The molecule has 20 heavy (non-hydrogen) atoms. The number of nitrogens with zero attached hydrogens (tertiary/aromatic N) is 1. The molecule has 3 rings (SSSR count). The number of carbonyl (C=O) groups is 1. The van der Waals surface area contributed by atoms with Gasteiger partial charge in [0.25, 0.3) is 0 Å². The number of hydrogen-bond acceptors (Lipinski definition) is 2. The standard InChI is InChI=1S/C15H11FN2O2/c1-8-6-10(16)3-4-11(8)14-17-12-5-2-9(15(19)20)7-13(12)18-14/h2-7H,1H3,(H,17,18)(H,19,20). The number of imidazole rings is 1. The largest absolute Gasteiger partial charge is 0.478 e. The van der Waals surface area contributed by atoms with Crippen LogP contribution in [0.4, 0.5) is 4.39 Å². The molecular formula is C15H11FN2O2. The molecule has 0 saturated carbocycles. The topological polar surface area (TPSA) is 66.0 Å². The van der Waals surface area contributed by atoms with E-state index >= 15 is 0 Å². The zero-order valence-electron chi connectivity index (χ0n) is 10.6. The van der Waals surface area contributed by atoms with Crippen molar-refractivity contribution in [1.82, 2.24) is 9.97 Å². The van der Waals surface area contributed by atoms with E-state index in [9.17, 15) is 9.18 Å². The number of H-pyrrole nitrogens is 1. The van der Waals surface area contributed by atoms with E-state index in [-0.39, 0.29) is 11.4 Å². The summed E-state index contributed by atoms with van der Waals surface area (Å²) in [7, 11) is 0. The van der Waals surface area contributed by atoms with Crippen molar-refractivity contribution in [1.29, 1.82) is 0 Å². The Morgan fingerprint density at radius 2 is 2.05 bits per heavy atom. The Balaban J connectivity index is 2.15. The van der Waals surface area contributed by atoms with Crippen molar-refractivity contribution in [2.75, 3.05) is 0 Å².